The van der Waals surface area contributed by atoms with Gasteiger partial charge in [-0.25, -0.2) is 0 Å². The summed E-state index contributed by atoms with van der Waals surface area (Å²) in [4.78, 5) is 2.61. The number of hydrogen-bond donors (Lipinski definition) is 1. The maximum atomic E-state index is 9.99. The van der Waals surface area contributed by atoms with Gasteiger partial charge in [0.05, 0.1) is 5.71 Å². The fourth-order valence-corrected chi connectivity index (χ4v) is 4.93. The average Bonchev–Trinajstić information content (AvgIpc) is 2.80. The maximum absolute atomic E-state index is 9.99. The third-order valence-electron chi connectivity index (χ3n) is 6.27. The number of nitrogens with zero attached hydrogens (tertiary/aromatic N) is 2. The molecule has 0 bridgehead atoms. The van der Waals surface area contributed by atoms with Gasteiger partial charge < -0.3 is 5.21 Å². The number of oxime groups is 1. The van der Waals surface area contributed by atoms with Crippen LogP contribution in [-0.2, 0) is 6.54 Å². The number of benzene rings is 3. The van der Waals surface area contributed by atoms with Crippen molar-refractivity contribution < 1.29 is 5.21 Å². The number of rotatable bonds is 5. The van der Waals surface area contributed by atoms with Crippen molar-refractivity contribution in [2.45, 2.75) is 38.9 Å². The molecular weight excluding hydrogens is 368 g/mol. The molecule has 3 aromatic carbocycles. The van der Waals surface area contributed by atoms with Crippen LogP contribution in [0, 0.1) is 11.8 Å². The van der Waals surface area contributed by atoms with Crippen molar-refractivity contribution in [2.75, 3.05) is 0 Å². The monoisotopic (exact) mass is 398 g/mol. The average molecular weight is 399 g/mol. The van der Waals surface area contributed by atoms with Crippen LogP contribution >= 0.6 is 0 Å². The molecule has 3 atom stereocenters. The Kier molecular flexibility index (Phi) is 6.29. The molecule has 1 fully saturated rings. The quantitative estimate of drug-likeness (QED) is 0.394. The Labute approximate surface area is 179 Å². The van der Waals surface area contributed by atoms with Gasteiger partial charge in [0.1, 0.15) is 0 Å². The molecule has 0 spiro atoms. The van der Waals surface area contributed by atoms with Gasteiger partial charge in [-0.05, 0) is 22.6 Å². The van der Waals surface area contributed by atoms with Gasteiger partial charge in [-0.1, -0.05) is 110 Å². The highest BCUT2D eigenvalue weighted by Gasteiger charge is 2.43. The molecule has 3 nitrogen and oxygen atoms in total. The Hall–Kier alpha value is -2.91. The summed E-state index contributed by atoms with van der Waals surface area (Å²) in [6.07, 6.45) is 0.736. The molecule has 1 aliphatic rings. The lowest BCUT2D eigenvalue weighted by atomic mass is 9.73. The standard InChI is InChI=1S/C27H30N2O/c1-20(2)26-24(28-30)18-25(22-14-8-4-9-15-22)29(19-21-12-6-3-7-13-21)27(26)23-16-10-5-11-17-23/h3-17,20,25-27,30H,18-19H2,1-2H3. The minimum Gasteiger partial charge on any atom is -0.411 e. The van der Waals surface area contributed by atoms with Gasteiger partial charge in [0, 0.05) is 31.0 Å². The largest absolute Gasteiger partial charge is 0.411 e. The lowest BCUT2D eigenvalue weighted by molar-refractivity contribution is 0.0654. The van der Waals surface area contributed by atoms with E-state index in [2.05, 4.69) is 115 Å². The first kappa shape index (κ1) is 20.4. The second-order valence-electron chi connectivity index (χ2n) is 8.51. The summed E-state index contributed by atoms with van der Waals surface area (Å²) in [6, 6.07) is 32.3. The van der Waals surface area contributed by atoms with E-state index in [-0.39, 0.29) is 18.0 Å². The molecule has 0 aromatic heterocycles. The first-order valence-corrected chi connectivity index (χ1v) is 10.8. The van der Waals surface area contributed by atoms with E-state index in [4.69, 9.17) is 0 Å². The molecule has 0 saturated carbocycles. The van der Waals surface area contributed by atoms with E-state index >= 15 is 0 Å². The van der Waals surface area contributed by atoms with Crippen LogP contribution in [0.3, 0.4) is 0 Å². The van der Waals surface area contributed by atoms with Crippen molar-refractivity contribution in [3.05, 3.63) is 108 Å². The predicted octanol–water partition coefficient (Wildman–Crippen LogP) is 6.48. The van der Waals surface area contributed by atoms with Crippen molar-refractivity contribution in [3.8, 4) is 0 Å². The van der Waals surface area contributed by atoms with E-state index in [0.717, 1.165) is 18.7 Å². The Balaban J connectivity index is 1.86. The number of likely N-dealkylation sites (tertiary alicyclic amines) is 1. The molecule has 30 heavy (non-hydrogen) atoms. The highest BCUT2D eigenvalue weighted by molar-refractivity contribution is 5.89. The van der Waals surface area contributed by atoms with Crippen LogP contribution in [0.1, 0.15) is 49.0 Å². The normalized spacial score (nSPS) is 23.7. The molecule has 3 unspecified atom stereocenters. The third-order valence-corrected chi connectivity index (χ3v) is 6.27. The molecule has 1 heterocycles. The third kappa shape index (κ3) is 4.17. The smallest absolute Gasteiger partial charge is 0.0642 e. The molecule has 3 heteroatoms. The Morgan fingerprint density at radius 3 is 1.90 bits per heavy atom. The molecule has 0 radical (unpaired) electrons. The fourth-order valence-electron chi connectivity index (χ4n) is 4.93. The van der Waals surface area contributed by atoms with E-state index in [9.17, 15) is 5.21 Å². The highest BCUT2D eigenvalue weighted by atomic mass is 16.4. The molecule has 1 aliphatic heterocycles. The van der Waals surface area contributed by atoms with Crippen molar-refractivity contribution in [2.24, 2.45) is 17.0 Å². The summed E-state index contributed by atoms with van der Waals surface area (Å²) in [5, 5.41) is 13.8. The van der Waals surface area contributed by atoms with E-state index in [1.807, 2.05) is 0 Å². The minimum atomic E-state index is 0.135. The van der Waals surface area contributed by atoms with Crippen molar-refractivity contribution in [1.82, 2.24) is 4.90 Å². The molecule has 4 rings (SSSR count). The number of hydrogen-bond acceptors (Lipinski definition) is 3. The zero-order chi connectivity index (χ0) is 20.9. The Bertz CT molecular complexity index is 954. The van der Waals surface area contributed by atoms with Gasteiger partial charge in [-0.2, -0.15) is 0 Å². The second-order valence-corrected chi connectivity index (χ2v) is 8.51. The molecule has 1 saturated heterocycles. The van der Waals surface area contributed by atoms with Crippen LogP contribution in [0.25, 0.3) is 0 Å². The van der Waals surface area contributed by atoms with Crippen LogP contribution < -0.4 is 0 Å². The van der Waals surface area contributed by atoms with E-state index in [1.54, 1.807) is 0 Å². The second kappa shape index (κ2) is 9.27. The molecule has 0 amide bonds. The summed E-state index contributed by atoms with van der Waals surface area (Å²) in [5.41, 5.74) is 4.73. The topological polar surface area (TPSA) is 35.8 Å². The van der Waals surface area contributed by atoms with Crippen LogP contribution in [0.5, 0.6) is 0 Å². The highest BCUT2D eigenvalue weighted by Crippen LogP contribution is 2.47. The van der Waals surface area contributed by atoms with Crippen LogP contribution in [0.2, 0.25) is 0 Å². The Morgan fingerprint density at radius 1 is 0.833 bits per heavy atom. The van der Waals surface area contributed by atoms with Gasteiger partial charge in [0.25, 0.3) is 0 Å². The molecule has 154 valence electrons. The molecule has 1 N–H and O–H groups in total. The summed E-state index contributed by atoms with van der Waals surface area (Å²) in [5.74, 6) is 0.511. The van der Waals surface area contributed by atoms with Gasteiger partial charge in [0.15, 0.2) is 0 Å². The van der Waals surface area contributed by atoms with Crippen molar-refractivity contribution in [3.63, 3.8) is 0 Å². The van der Waals surface area contributed by atoms with Gasteiger partial charge in [-0.3, -0.25) is 4.90 Å². The summed E-state index contributed by atoms with van der Waals surface area (Å²) < 4.78 is 0. The van der Waals surface area contributed by atoms with E-state index in [1.165, 1.54) is 16.7 Å². The molecular formula is C27H30N2O. The van der Waals surface area contributed by atoms with Crippen molar-refractivity contribution in [1.29, 1.82) is 0 Å². The lowest BCUT2D eigenvalue weighted by Crippen LogP contribution is -2.47. The Morgan fingerprint density at radius 2 is 1.37 bits per heavy atom. The van der Waals surface area contributed by atoms with Crippen molar-refractivity contribution >= 4 is 5.71 Å². The summed E-state index contributed by atoms with van der Waals surface area (Å²) >= 11 is 0. The van der Waals surface area contributed by atoms with Crippen LogP contribution in [-0.4, -0.2) is 15.8 Å². The number of piperidine rings is 1. The SMILES string of the molecule is CC(C)C1C(=NO)CC(c2ccccc2)N(Cc2ccccc2)C1c1ccccc1. The van der Waals surface area contributed by atoms with Gasteiger partial charge in [-0.15, -0.1) is 0 Å². The maximum Gasteiger partial charge on any atom is 0.0642 e. The van der Waals surface area contributed by atoms with E-state index in [0.29, 0.717) is 5.92 Å². The minimum absolute atomic E-state index is 0.135. The first-order valence-electron chi connectivity index (χ1n) is 10.8. The van der Waals surface area contributed by atoms with Crippen LogP contribution in [0.4, 0.5) is 0 Å². The van der Waals surface area contributed by atoms with Crippen LogP contribution in [0.15, 0.2) is 96.2 Å². The first-order chi connectivity index (χ1) is 14.7. The predicted molar refractivity (Wildman–Crippen MR) is 123 cm³/mol. The van der Waals surface area contributed by atoms with Gasteiger partial charge in [0.2, 0.25) is 0 Å². The summed E-state index contributed by atoms with van der Waals surface area (Å²) in [7, 11) is 0. The lowest BCUT2D eigenvalue weighted by Gasteiger charge is -2.48. The molecule has 0 aliphatic carbocycles. The molecule has 3 aromatic rings. The summed E-state index contributed by atoms with van der Waals surface area (Å²) in [6.45, 7) is 5.31. The zero-order valence-electron chi connectivity index (χ0n) is 17.7. The fraction of sp³-hybridized carbons (Fsp3) is 0.296. The van der Waals surface area contributed by atoms with Gasteiger partial charge >= 0.3 is 0 Å². The van der Waals surface area contributed by atoms with E-state index < -0.39 is 0 Å². The zero-order valence-corrected chi connectivity index (χ0v) is 17.7.